The van der Waals surface area contributed by atoms with Crippen LogP contribution in [0.25, 0.3) is 0 Å². The molecule has 20 heavy (non-hydrogen) atoms. The SMILES string of the molecule is CCOC(=O)c1csc(CSc2ccccc2OC)n1. The van der Waals surface area contributed by atoms with Crippen molar-refractivity contribution < 1.29 is 14.3 Å². The van der Waals surface area contributed by atoms with Gasteiger partial charge >= 0.3 is 5.97 Å². The third-order valence-corrected chi connectivity index (χ3v) is 4.55. The molecule has 1 heterocycles. The molecule has 2 rings (SSSR count). The van der Waals surface area contributed by atoms with E-state index in [1.807, 2.05) is 24.3 Å². The Morgan fingerprint density at radius 2 is 2.20 bits per heavy atom. The van der Waals surface area contributed by atoms with Crippen LogP contribution in [-0.4, -0.2) is 24.7 Å². The third kappa shape index (κ3) is 3.74. The number of methoxy groups -OCH3 is 1. The number of thioether (sulfide) groups is 1. The molecule has 6 heteroatoms. The molecule has 0 N–H and O–H groups in total. The second kappa shape index (κ2) is 7.31. The summed E-state index contributed by atoms with van der Waals surface area (Å²) in [7, 11) is 1.65. The Morgan fingerprint density at radius 1 is 1.40 bits per heavy atom. The number of nitrogens with zero attached hydrogens (tertiary/aromatic N) is 1. The van der Waals surface area contributed by atoms with Gasteiger partial charge in [0.05, 0.1) is 19.5 Å². The topological polar surface area (TPSA) is 48.4 Å². The zero-order chi connectivity index (χ0) is 14.4. The Labute approximate surface area is 126 Å². The predicted octanol–water partition coefficient (Wildman–Crippen LogP) is 3.62. The molecule has 2 aromatic rings. The minimum absolute atomic E-state index is 0.363. The summed E-state index contributed by atoms with van der Waals surface area (Å²) < 4.78 is 10.2. The van der Waals surface area contributed by atoms with E-state index in [9.17, 15) is 4.79 Å². The Bertz CT molecular complexity index is 583. The molecule has 1 aromatic carbocycles. The van der Waals surface area contributed by atoms with Gasteiger partial charge in [0, 0.05) is 10.3 Å². The van der Waals surface area contributed by atoms with Crippen molar-refractivity contribution in [3.8, 4) is 5.75 Å². The lowest BCUT2D eigenvalue weighted by Gasteiger charge is -2.06. The van der Waals surface area contributed by atoms with E-state index in [4.69, 9.17) is 9.47 Å². The lowest BCUT2D eigenvalue weighted by molar-refractivity contribution is 0.0520. The normalized spacial score (nSPS) is 10.3. The Kier molecular flexibility index (Phi) is 5.43. The number of hydrogen-bond donors (Lipinski definition) is 0. The summed E-state index contributed by atoms with van der Waals surface area (Å²) in [4.78, 5) is 16.9. The number of esters is 1. The second-order valence-electron chi connectivity index (χ2n) is 3.79. The quantitative estimate of drug-likeness (QED) is 0.602. The molecule has 106 valence electrons. The maximum atomic E-state index is 11.5. The van der Waals surface area contributed by atoms with Crippen molar-refractivity contribution >= 4 is 29.1 Å². The van der Waals surface area contributed by atoms with Crippen LogP contribution >= 0.6 is 23.1 Å². The van der Waals surface area contributed by atoms with E-state index in [2.05, 4.69) is 4.98 Å². The number of thiazole rings is 1. The molecule has 0 radical (unpaired) electrons. The van der Waals surface area contributed by atoms with Crippen molar-refractivity contribution in [3.63, 3.8) is 0 Å². The van der Waals surface area contributed by atoms with Gasteiger partial charge in [-0.1, -0.05) is 12.1 Å². The number of aromatic nitrogens is 1. The van der Waals surface area contributed by atoms with Gasteiger partial charge in [0.2, 0.25) is 0 Å². The van der Waals surface area contributed by atoms with E-state index in [1.165, 1.54) is 11.3 Å². The first kappa shape index (κ1) is 14.9. The minimum atomic E-state index is -0.364. The first-order chi connectivity index (χ1) is 9.74. The molecule has 0 fully saturated rings. The van der Waals surface area contributed by atoms with Gasteiger partial charge in [-0.3, -0.25) is 0 Å². The summed E-state index contributed by atoms with van der Waals surface area (Å²) in [5.74, 6) is 1.18. The highest BCUT2D eigenvalue weighted by atomic mass is 32.2. The van der Waals surface area contributed by atoms with Gasteiger partial charge in [0.15, 0.2) is 5.69 Å². The molecule has 0 bridgehead atoms. The van der Waals surface area contributed by atoms with Crippen molar-refractivity contribution in [2.24, 2.45) is 0 Å². The van der Waals surface area contributed by atoms with Crippen LogP contribution in [-0.2, 0) is 10.5 Å². The van der Waals surface area contributed by atoms with E-state index in [1.54, 1.807) is 31.2 Å². The molecule has 1 aromatic heterocycles. The molecule has 0 unspecified atom stereocenters. The van der Waals surface area contributed by atoms with Crippen LogP contribution in [0.5, 0.6) is 5.75 Å². The largest absolute Gasteiger partial charge is 0.496 e. The maximum absolute atomic E-state index is 11.5. The smallest absolute Gasteiger partial charge is 0.357 e. The minimum Gasteiger partial charge on any atom is -0.496 e. The van der Waals surface area contributed by atoms with Gasteiger partial charge < -0.3 is 9.47 Å². The average molecular weight is 309 g/mol. The molecular weight excluding hydrogens is 294 g/mol. The van der Waals surface area contributed by atoms with Gasteiger partial charge in [-0.05, 0) is 19.1 Å². The molecule has 0 aliphatic heterocycles. The van der Waals surface area contributed by atoms with Crippen molar-refractivity contribution in [3.05, 3.63) is 40.3 Å². The first-order valence-corrected chi connectivity index (χ1v) is 7.98. The lowest BCUT2D eigenvalue weighted by Crippen LogP contribution is -2.04. The number of carbonyl (C=O) groups excluding carboxylic acids is 1. The maximum Gasteiger partial charge on any atom is 0.357 e. The number of benzene rings is 1. The van der Waals surface area contributed by atoms with E-state index in [0.717, 1.165) is 15.7 Å². The van der Waals surface area contributed by atoms with Crippen LogP contribution in [0.3, 0.4) is 0 Å². The fourth-order valence-corrected chi connectivity index (χ4v) is 3.36. The third-order valence-electron chi connectivity index (χ3n) is 2.46. The zero-order valence-corrected chi connectivity index (χ0v) is 12.9. The van der Waals surface area contributed by atoms with Gasteiger partial charge in [-0.2, -0.15) is 0 Å². The summed E-state index contributed by atoms with van der Waals surface area (Å²) in [6.45, 7) is 2.14. The van der Waals surface area contributed by atoms with E-state index < -0.39 is 0 Å². The molecule has 0 aliphatic rings. The molecule has 0 saturated heterocycles. The highest BCUT2D eigenvalue weighted by molar-refractivity contribution is 7.98. The summed E-state index contributed by atoms with van der Waals surface area (Å²) >= 11 is 3.10. The molecular formula is C14H15NO3S2. The molecule has 0 amide bonds. The highest BCUT2D eigenvalue weighted by Crippen LogP contribution is 2.31. The van der Waals surface area contributed by atoms with Crippen LogP contribution in [0.1, 0.15) is 22.4 Å². The van der Waals surface area contributed by atoms with E-state index in [0.29, 0.717) is 18.1 Å². The average Bonchev–Trinajstić information content (AvgIpc) is 2.94. The van der Waals surface area contributed by atoms with Crippen molar-refractivity contribution in [1.29, 1.82) is 0 Å². The zero-order valence-electron chi connectivity index (χ0n) is 11.3. The number of ether oxygens (including phenoxy) is 2. The summed E-state index contributed by atoms with van der Waals surface area (Å²) in [6.07, 6.45) is 0. The lowest BCUT2D eigenvalue weighted by atomic mass is 10.3. The molecule has 4 nitrogen and oxygen atoms in total. The van der Waals surface area contributed by atoms with Crippen LogP contribution < -0.4 is 4.74 Å². The van der Waals surface area contributed by atoms with Crippen LogP contribution in [0.15, 0.2) is 34.5 Å². The van der Waals surface area contributed by atoms with Gasteiger partial charge in [-0.15, -0.1) is 23.1 Å². The van der Waals surface area contributed by atoms with Crippen molar-refractivity contribution in [1.82, 2.24) is 4.98 Å². The molecule has 0 atom stereocenters. The van der Waals surface area contributed by atoms with E-state index in [-0.39, 0.29) is 5.97 Å². The first-order valence-electron chi connectivity index (χ1n) is 6.12. The van der Waals surface area contributed by atoms with E-state index >= 15 is 0 Å². The Hall–Kier alpha value is -1.53. The van der Waals surface area contributed by atoms with Crippen molar-refractivity contribution in [2.45, 2.75) is 17.6 Å². The second-order valence-corrected chi connectivity index (χ2v) is 5.75. The predicted molar refractivity (Wildman–Crippen MR) is 80.6 cm³/mol. The standard InChI is InChI=1S/C14H15NO3S2/c1-3-18-14(16)10-8-20-13(15-10)9-19-12-7-5-4-6-11(12)17-2/h4-8H,3,9H2,1-2H3. The molecule has 0 saturated carbocycles. The Morgan fingerprint density at radius 3 is 2.95 bits per heavy atom. The van der Waals surface area contributed by atoms with Crippen molar-refractivity contribution in [2.75, 3.05) is 13.7 Å². The van der Waals surface area contributed by atoms with Gasteiger partial charge in [0.1, 0.15) is 10.8 Å². The number of hydrogen-bond acceptors (Lipinski definition) is 6. The van der Waals surface area contributed by atoms with Crippen LogP contribution in [0, 0.1) is 0 Å². The number of para-hydroxylation sites is 1. The Balaban J connectivity index is 1.99. The van der Waals surface area contributed by atoms with Gasteiger partial charge in [-0.25, -0.2) is 9.78 Å². The van der Waals surface area contributed by atoms with Crippen LogP contribution in [0.2, 0.25) is 0 Å². The number of carbonyl (C=O) groups is 1. The fourth-order valence-electron chi connectivity index (χ4n) is 1.55. The molecule has 0 spiro atoms. The summed E-state index contributed by atoms with van der Waals surface area (Å²) in [5, 5.41) is 2.62. The van der Waals surface area contributed by atoms with Crippen LogP contribution in [0.4, 0.5) is 0 Å². The summed E-state index contributed by atoms with van der Waals surface area (Å²) in [6, 6.07) is 7.83. The fraction of sp³-hybridized carbons (Fsp3) is 0.286. The number of rotatable bonds is 6. The monoisotopic (exact) mass is 309 g/mol. The summed E-state index contributed by atoms with van der Waals surface area (Å²) in [5.41, 5.74) is 0.382. The molecule has 0 aliphatic carbocycles. The van der Waals surface area contributed by atoms with Gasteiger partial charge in [0.25, 0.3) is 0 Å². The highest BCUT2D eigenvalue weighted by Gasteiger charge is 2.12.